The first-order valence-electron chi connectivity index (χ1n) is 5.03. The summed E-state index contributed by atoms with van der Waals surface area (Å²) in [5, 5.41) is 0. The van der Waals surface area contributed by atoms with E-state index in [1.54, 1.807) is 6.92 Å². The Balaban J connectivity index is 4.12. The molecular weight excluding hydrogens is 264 g/mol. The predicted octanol–water partition coefficient (Wildman–Crippen LogP) is 3.01. The molecule has 0 rings (SSSR count). The van der Waals surface area contributed by atoms with Crippen molar-refractivity contribution in [2.45, 2.75) is 45.4 Å². The summed E-state index contributed by atoms with van der Waals surface area (Å²) in [6.45, 7) is 8.04. The Kier molecular flexibility index (Phi) is 5.67. The van der Waals surface area contributed by atoms with E-state index in [0.29, 0.717) is 10.6 Å². The summed E-state index contributed by atoms with van der Waals surface area (Å²) in [7, 11) is -2.80. The fraction of sp³-hybridized carbons (Fsp3) is 1.00. The van der Waals surface area contributed by atoms with Crippen LogP contribution in [0.2, 0.25) is 0 Å². The second kappa shape index (κ2) is 5.50. The Hall–Kier alpha value is 0.430. The fourth-order valence-corrected chi connectivity index (χ4v) is 3.47. The van der Waals surface area contributed by atoms with Crippen molar-refractivity contribution >= 4 is 25.8 Å². The van der Waals surface area contributed by atoms with E-state index in [0.717, 1.165) is 12.8 Å². The lowest BCUT2D eigenvalue weighted by Gasteiger charge is -2.25. The van der Waals surface area contributed by atoms with Crippen LogP contribution in [0.4, 0.5) is 0 Å². The Labute approximate surface area is 96.5 Å². The van der Waals surface area contributed by atoms with Crippen LogP contribution in [0.1, 0.15) is 40.5 Å². The van der Waals surface area contributed by atoms with Crippen molar-refractivity contribution in [1.29, 1.82) is 0 Å². The highest BCUT2D eigenvalue weighted by Crippen LogP contribution is 2.29. The molecule has 4 heteroatoms. The molecular formula is C10H21BrO2S. The maximum absolute atomic E-state index is 11.3. The highest BCUT2D eigenvalue weighted by atomic mass is 79.9. The van der Waals surface area contributed by atoms with Gasteiger partial charge in [0.05, 0.1) is 5.75 Å². The normalized spacial score (nSPS) is 15.5. The summed E-state index contributed by atoms with van der Waals surface area (Å²) in [5.74, 6) is 0.573. The van der Waals surface area contributed by atoms with Gasteiger partial charge in [-0.15, -0.1) is 0 Å². The van der Waals surface area contributed by atoms with E-state index in [4.69, 9.17) is 0 Å². The number of hydrogen-bond donors (Lipinski definition) is 0. The SMILES string of the molecule is CCS(=O)(=O)CCC(C)(C)CC(C)Br. The molecule has 0 aromatic heterocycles. The van der Waals surface area contributed by atoms with Gasteiger partial charge in [0.1, 0.15) is 9.84 Å². The second-order valence-electron chi connectivity index (χ2n) is 4.64. The molecule has 0 aromatic rings. The van der Waals surface area contributed by atoms with Gasteiger partial charge in [0, 0.05) is 10.6 Å². The summed E-state index contributed by atoms with van der Waals surface area (Å²) >= 11 is 3.50. The monoisotopic (exact) mass is 284 g/mol. The van der Waals surface area contributed by atoms with Gasteiger partial charge in [0.15, 0.2) is 0 Å². The molecule has 86 valence electrons. The van der Waals surface area contributed by atoms with E-state index in [9.17, 15) is 8.42 Å². The first kappa shape index (κ1) is 14.4. The van der Waals surface area contributed by atoms with Crippen LogP contribution >= 0.6 is 15.9 Å². The number of hydrogen-bond acceptors (Lipinski definition) is 2. The Morgan fingerprint density at radius 3 is 2.21 bits per heavy atom. The molecule has 14 heavy (non-hydrogen) atoms. The molecule has 0 radical (unpaired) electrons. The van der Waals surface area contributed by atoms with Crippen molar-refractivity contribution in [2.75, 3.05) is 11.5 Å². The molecule has 0 fully saturated rings. The Morgan fingerprint density at radius 1 is 1.36 bits per heavy atom. The third-order valence-corrected chi connectivity index (χ3v) is 4.39. The van der Waals surface area contributed by atoms with Crippen LogP contribution in [0.15, 0.2) is 0 Å². The van der Waals surface area contributed by atoms with Gasteiger partial charge in [0.25, 0.3) is 0 Å². The summed E-state index contributed by atoms with van der Waals surface area (Å²) in [5.41, 5.74) is 0.102. The van der Waals surface area contributed by atoms with E-state index in [1.165, 1.54) is 0 Å². The van der Waals surface area contributed by atoms with Crippen LogP contribution in [-0.2, 0) is 9.84 Å². The zero-order chi connectivity index (χ0) is 11.4. The van der Waals surface area contributed by atoms with Crippen molar-refractivity contribution < 1.29 is 8.42 Å². The highest BCUT2D eigenvalue weighted by molar-refractivity contribution is 9.09. The third kappa shape index (κ3) is 6.82. The molecule has 0 aliphatic carbocycles. The van der Waals surface area contributed by atoms with Crippen LogP contribution in [0.5, 0.6) is 0 Å². The Morgan fingerprint density at radius 2 is 1.86 bits per heavy atom. The van der Waals surface area contributed by atoms with E-state index < -0.39 is 9.84 Å². The van der Waals surface area contributed by atoms with Crippen LogP contribution in [0.3, 0.4) is 0 Å². The number of sulfone groups is 1. The molecule has 0 bridgehead atoms. The molecule has 0 aliphatic rings. The molecule has 1 unspecified atom stereocenters. The van der Waals surface area contributed by atoms with Crippen LogP contribution < -0.4 is 0 Å². The van der Waals surface area contributed by atoms with Gasteiger partial charge in [-0.2, -0.15) is 0 Å². The van der Waals surface area contributed by atoms with Gasteiger partial charge >= 0.3 is 0 Å². The molecule has 0 amide bonds. The molecule has 0 saturated carbocycles. The average Bonchev–Trinajstić information content (AvgIpc) is 1.99. The molecule has 2 nitrogen and oxygen atoms in total. The molecule has 0 aliphatic heterocycles. The first-order chi connectivity index (χ1) is 6.18. The maximum Gasteiger partial charge on any atom is 0.150 e. The number of rotatable bonds is 6. The van der Waals surface area contributed by atoms with E-state index in [-0.39, 0.29) is 11.2 Å². The highest BCUT2D eigenvalue weighted by Gasteiger charge is 2.22. The van der Waals surface area contributed by atoms with E-state index >= 15 is 0 Å². The summed E-state index contributed by atoms with van der Waals surface area (Å²) in [6.07, 6.45) is 1.76. The Bertz CT molecular complexity index is 255. The number of halogens is 1. The predicted molar refractivity (Wildman–Crippen MR) is 65.7 cm³/mol. The van der Waals surface area contributed by atoms with E-state index in [1.807, 2.05) is 0 Å². The molecule has 0 heterocycles. The largest absolute Gasteiger partial charge is 0.229 e. The molecule has 0 aromatic carbocycles. The van der Waals surface area contributed by atoms with Gasteiger partial charge in [-0.25, -0.2) is 8.42 Å². The summed E-state index contributed by atoms with van der Waals surface area (Å²) in [6, 6.07) is 0. The van der Waals surface area contributed by atoms with Crippen LogP contribution in [0.25, 0.3) is 0 Å². The summed E-state index contributed by atoms with van der Waals surface area (Å²) in [4.78, 5) is 0.446. The summed E-state index contributed by atoms with van der Waals surface area (Å²) < 4.78 is 22.6. The molecule has 0 N–H and O–H groups in total. The van der Waals surface area contributed by atoms with Crippen molar-refractivity contribution in [3.63, 3.8) is 0 Å². The van der Waals surface area contributed by atoms with E-state index in [2.05, 4.69) is 36.7 Å². The zero-order valence-corrected chi connectivity index (χ0v) is 11.9. The average molecular weight is 285 g/mol. The quantitative estimate of drug-likeness (QED) is 0.703. The topological polar surface area (TPSA) is 34.1 Å². The molecule has 0 saturated heterocycles. The molecule has 1 atom stereocenters. The molecule has 0 spiro atoms. The number of alkyl halides is 1. The van der Waals surface area contributed by atoms with Gasteiger partial charge in [0.2, 0.25) is 0 Å². The lowest BCUT2D eigenvalue weighted by Crippen LogP contribution is -2.21. The smallest absolute Gasteiger partial charge is 0.150 e. The fourth-order valence-electron chi connectivity index (χ4n) is 1.44. The van der Waals surface area contributed by atoms with Gasteiger partial charge in [-0.3, -0.25) is 0 Å². The van der Waals surface area contributed by atoms with Crippen LogP contribution in [-0.4, -0.2) is 24.8 Å². The first-order valence-corrected chi connectivity index (χ1v) is 7.77. The van der Waals surface area contributed by atoms with Gasteiger partial charge < -0.3 is 0 Å². The van der Waals surface area contributed by atoms with Crippen LogP contribution in [0, 0.1) is 5.41 Å². The second-order valence-corrected chi connectivity index (χ2v) is 8.67. The van der Waals surface area contributed by atoms with Crippen molar-refractivity contribution in [3.05, 3.63) is 0 Å². The lowest BCUT2D eigenvalue weighted by atomic mass is 9.85. The third-order valence-electron chi connectivity index (χ3n) is 2.36. The van der Waals surface area contributed by atoms with Crippen molar-refractivity contribution in [2.24, 2.45) is 5.41 Å². The zero-order valence-electron chi connectivity index (χ0n) is 9.51. The van der Waals surface area contributed by atoms with Crippen molar-refractivity contribution in [1.82, 2.24) is 0 Å². The van der Waals surface area contributed by atoms with Gasteiger partial charge in [-0.1, -0.05) is 43.6 Å². The minimum atomic E-state index is -2.80. The lowest BCUT2D eigenvalue weighted by molar-refractivity contribution is 0.325. The van der Waals surface area contributed by atoms with Crippen molar-refractivity contribution in [3.8, 4) is 0 Å². The van der Waals surface area contributed by atoms with Gasteiger partial charge in [-0.05, 0) is 18.3 Å². The standard InChI is InChI=1S/C10H21BrO2S/c1-5-14(12,13)7-6-10(3,4)8-9(2)11/h9H,5-8H2,1-4H3. The minimum Gasteiger partial charge on any atom is -0.229 e. The maximum atomic E-state index is 11.3. The minimum absolute atomic E-state index is 0.102.